The Labute approximate surface area is 165 Å². The van der Waals surface area contributed by atoms with Gasteiger partial charge in [0.1, 0.15) is 5.69 Å². The number of amides is 1. The highest BCUT2D eigenvalue weighted by atomic mass is 32.2. The Balaban J connectivity index is 1.41. The second kappa shape index (κ2) is 7.47. The van der Waals surface area contributed by atoms with E-state index in [1.807, 2.05) is 44.2 Å². The fourth-order valence-corrected chi connectivity index (χ4v) is 5.71. The molecule has 1 aromatic carbocycles. The van der Waals surface area contributed by atoms with E-state index in [0.717, 1.165) is 10.9 Å². The number of carbonyl (C=O) groups is 1. The van der Waals surface area contributed by atoms with Crippen LogP contribution in [0.3, 0.4) is 0 Å². The zero-order chi connectivity index (χ0) is 19.9. The van der Waals surface area contributed by atoms with Crippen LogP contribution in [-0.4, -0.2) is 84.3 Å². The Bertz CT molecular complexity index is 922. The molecule has 0 saturated carbocycles. The molecule has 1 amide bonds. The summed E-state index contributed by atoms with van der Waals surface area (Å²) in [6.07, 6.45) is -0.244. The normalized spacial score (nSPS) is 25.3. The minimum Gasteiger partial charge on any atom is -0.373 e. The average Bonchev–Trinajstić information content (AvgIpc) is 3.11. The van der Waals surface area contributed by atoms with E-state index in [9.17, 15) is 13.2 Å². The maximum Gasteiger partial charge on any atom is 0.282 e. The van der Waals surface area contributed by atoms with Gasteiger partial charge in [0.05, 0.1) is 12.2 Å². The first-order chi connectivity index (χ1) is 13.3. The summed E-state index contributed by atoms with van der Waals surface area (Å²) < 4.78 is 34.6. The molecule has 2 aliphatic heterocycles. The Morgan fingerprint density at radius 3 is 2.32 bits per heavy atom. The summed E-state index contributed by atoms with van der Waals surface area (Å²) in [5.41, 5.74) is 1.45. The molecule has 2 fully saturated rings. The average molecular weight is 407 g/mol. The third-order valence-electron chi connectivity index (χ3n) is 5.32. The van der Waals surface area contributed by atoms with Crippen molar-refractivity contribution >= 4 is 27.0 Å². The van der Waals surface area contributed by atoms with E-state index in [4.69, 9.17) is 4.74 Å². The van der Waals surface area contributed by atoms with Gasteiger partial charge in [-0.05, 0) is 26.0 Å². The molecule has 0 spiro atoms. The molecule has 1 aromatic heterocycles. The summed E-state index contributed by atoms with van der Waals surface area (Å²) in [4.78, 5) is 17.7. The minimum absolute atomic E-state index is 0.0955. The molecule has 3 heterocycles. The smallest absolute Gasteiger partial charge is 0.282 e. The first kappa shape index (κ1) is 19.4. The van der Waals surface area contributed by atoms with Crippen molar-refractivity contribution in [2.45, 2.75) is 26.1 Å². The van der Waals surface area contributed by atoms with Crippen LogP contribution in [0.4, 0.5) is 0 Å². The largest absolute Gasteiger partial charge is 0.373 e. The minimum atomic E-state index is -3.54. The van der Waals surface area contributed by atoms with Crippen LogP contribution in [0, 0.1) is 0 Å². The van der Waals surface area contributed by atoms with E-state index >= 15 is 0 Å². The number of piperazine rings is 1. The lowest BCUT2D eigenvalue weighted by molar-refractivity contribution is -0.0457. The number of aromatic nitrogens is 1. The Morgan fingerprint density at radius 1 is 1.04 bits per heavy atom. The van der Waals surface area contributed by atoms with Crippen molar-refractivity contribution in [2.75, 3.05) is 39.3 Å². The fourth-order valence-electron chi connectivity index (χ4n) is 3.96. The predicted octanol–water partition coefficient (Wildman–Crippen LogP) is 1.28. The number of hydrogen-bond donors (Lipinski definition) is 1. The fraction of sp³-hybridized carbons (Fsp3) is 0.526. The Morgan fingerprint density at radius 2 is 1.68 bits per heavy atom. The number of rotatable bonds is 3. The summed E-state index contributed by atoms with van der Waals surface area (Å²) in [6, 6.07) is 9.58. The zero-order valence-corrected chi connectivity index (χ0v) is 17.0. The molecule has 4 rings (SSSR count). The predicted molar refractivity (Wildman–Crippen MR) is 106 cm³/mol. The lowest BCUT2D eigenvalue weighted by Crippen LogP contribution is -2.57. The van der Waals surface area contributed by atoms with Gasteiger partial charge in [-0.15, -0.1) is 0 Å². The highest BCUT2D eigenvalue weighted by Crippen LogP contribution is 2.20. The monoisotopic (exact) mass is 406 g/mol. The molecular weight excluding hydrogens is 380 g/mol. The van der Waals surface area contributed by atoms with Crippen molar-refractivity contribution in [3.63, 3.8) is 0 Å². The van der Waals surface area contributed by atoms with Crippen LogP contribution >= 0.6 is 0 Å². The molecule has 1 N–H and O–H groups in total. The van der Waals surface area contributed by atoms with Gasteiger partial charge in [0, 0.05) is 50.2 Å². The lowest BCUT2D eigenvalue weighted by atomic mass is 10.2. The summed E-state index contributed by atoms with van der Waals surface area (Å²) in [7, 11) is -3.54. The van der Waals surface area contributed by atoms with Crippen molar-refractivity contribution in [3.8, 4) is 0 Å². The van der Waals surface area contributed by atoms with Gasteiger partial charge in [-0.2, -0.15) is 17.0 Å². The molecular formula is C19H26N4O4S. The summed E-state index contributed by atoms with van der Waals surface area (Å²) in [5.74, 6) is -0.0955. The molecule has 0 bridgehead atoms. The number of nitrogens with zero attached hydrogens (tertiary/aromatic N) is 3. The second-order valence-corrected chi connectivity index (χ2v) is 9.47. The number of hydrogen-bond acceptors (Lipinski definition) is 4. The molecule has 0 aliphatic carbocycles. The summed E-state index contributed by atoms with van der Waals surface area (Å²) >= 11 is 0. The van der Waals surface area contributed by atoms with Gasteiger partial charge < -0.3 is 14.6 Å². The van der Waals surface area contributed by atoms with Crippen molar-refractivity contribution < 1.29 is 17.9 Å². The van der Waals surface area contributed by atoms with E-state index in [-0.39, 0.29) is 18.1 Å². The van der Waals surface area contributed by atoms with Gasteiger partial charge in [-0.1, -0.05) is 18.2 Å². The van der Waals surface area contributed by atoms with Crippen LogP contribution in [-0.2, 0) is 14.9 Å². The molecule has 2 saturated heterocycles. The van der Waals surface area contributed by atoms with E-state index in [1.165, 1.54) is 8.61 Å². The third kappa shape index (κ3) is 3.67. The number of morpholine rings is 1. The first-order valence-electron chi connectivity index (χ1n) is 9.62. The quantitative estimate of drug-likeness (QED) is 0.832. The van der Waals surface area contributed by atoms with Crippen LogP contribution in [0.15, 0.2) is 30.3 Å². The van der Waals surface area contributed by atoms with Gasteiger partial charge in [-0.3, -0.25) is 4.79 Å². The van der Waals surface area contributed by atoms with Crippen LogP contribution in [0.1, 0.15) is 24.3 Å². The zero-order valence-electron chi connectivity index (χ0n) is 16.2. The number of fused-ring (bicyclic) bond motifs is 1. The maximum atomic E-state index is 13.0. The Hall–Kier alpha value is -1.94. The standard InChI is InChI=1S/C19H26N4O4S/c1-14-12-23(13-15(2)27-14)28(25,26)22-9-7-21(8-10-22)19(24)18-11-16-5-3-4-6-17(16)20-18/h3-6,11,14-15,20H,7-10,12-13H2,1-2H3/t14-,15-/m0/s1. The molecule has 2 aromatic rings. The summed E-state index contributed by atoms with van der Waals surface area (Å²) in [5, 5.41) is 0.989. The molecule has 28 heavy (non-hydrogen) atoms. The number of para-hydroxylation sites is 1. The number of aromatic amines is 1. The topological polar surface area (TPSA) is 86.0 Å². The molecule has 2 atom stereocenters. The van der Waals surface area contributed by atoms with Gasteiger partial charge in [0.15, 0.2) is 0 Å². The van der Waals surface area contributed by atoms with Gasteiger partial charge in [-0.25, -0.2) is 0 Å². The van der Waals surface area contributed by atoms with Crippen LogP contribution in [0.5, 0.6) is 0 Å². The molecule has 152 valence electrons. The number of nitrogens with one attached hydrogen (secondary N) is 1. The van der Waals surface area contributed by atoms with Crippen LogP contribution in [0.2, 0.25) is 0 Å². The maximum absolute atomic E-state index is 13.0. The van der Waals surface area contributed by atoms with Crippen LogP contribution < -0.4 is 0 Å². The van der Waals surface area contributed by atoms with Gasteiger partial charge in [0.25, 0.3) is 16.1 Å². The van der Waals surface area contributed by atoms with E-state index < -0.39 is 10.2 Å². The number of benzene rings is 1. The highest BCUT2D eigenvalue weighted by Gasteiger charge is 2.37. The lowest BCUT2D eigenvalue weighted by Gasteiger charge is -2.40. The van der Waals surface area contributed by atoms with Crippen LogP contribution in [0.25, 0.3) is 10.9 Å². The van der Waals surface area contributed by atoms with Gasteiger partial charge in [0.2, 0.25) is 0 Å². The van der Waals surface area contributed by atoms with Crippen molar-refractivity contribution in [1.29, 1.82) is 0 Å². The van der Waals surface area contributed by atoms with Crippen molar-refractivity contribution in [3.05, 3.63) is 36.0 Å². The molecule has 2 aliphatic rings. The van der Waals surface area contributed by atoms with Gasteiger partial charge >= 0.3 is 0 Å². The Kier molecular flexibility index (Phi) is 5.17. The SMILES string of the molecule is C[C@H]1CN(S(=O)(=O)N2CCN(C(=O)c3cc4ccccc4[nH]3)CC2)C[C@H](C)O1. The second-order valence-electron chi connectivity index (χ2n) is 7.54. The van der Waals surface area contributed by atoms with E-state index in [0.29, 0.717) is 45.0 Å². The molecule has 8 nitrogen and oxygen atoms in total. The molecule has 0 radical (unpaired) electrons. The third-order valence-corrected chi connectivity index (χ3v) is 7.29. The van der Waals surface area contributed by atoms with Crippen molar-refractivity contribution in [1.82, 2.24) is 18.5 Å². The highest BCUT2D eigenvalue weighted by molar-refractivity contribution is 7.86. The number of carbonyl (C=O) groups excluding carboxylic acids is 1. The number of H-pyrrole nitrogens is 1. The first-order valence-corrected chi connectivity index (χ1v) is 11.0. The van der Waals surface area contributed by atoms with E-state index in [2.05, 4.69) is 4.98 Å². The molecule has 9 heteroatoms. The molecule has 0 unspecified atom stereocenters. The summed E-state index contributed by atoms with van der Waals surface area (Å²) in [6.45, 7) is 5.85. The van der Waals surface area contributed by atoms with Crippen molar-refractivity contribution in [2.24, 2.45) is 0 Å². The number of ether oxygens (including phenoxy) is 1. The van der Waals surface area contributed by atoms with E-state index in [1.54, 1.807) is 4.90 Å².